The normalized spacial score (nSPS) is 11.0. The van der Waals surface area contributed by atoms with Gasteiger partial charge >= 0.3 is 0 Å². The smallest absolute Gasteiger partial charge is 0.127 e. The summed E-state index contributed by atoms with van der Waals surface area (Å²) in [6, 6.07) is 13.4. The summed E-state index contributed by atoms with van der Waals surface area (Å²) in [4.78, 5) is 2.14. The molecule has 0 aromatic heterocycles. The Morgan fingerprint density at radius 3 is 2.37 bits per heavy atom. The summed E-state index contributed by atoms with van der Waals surface area (Å²) in [5, 5.41) is 0. The van der Waals surface area contributed by atoms with Gasteiger partial charge in [-0.3, -0.25) is 4.90 Å². The molecule has 0 spiro atoms. The summed E-state index contributed by atoms with van der Waals surface area (Å²) in [6.45, 7) is 5.67. The second-order valence-corrected chi connectivity index (χ2v) is 5.19. The lowest BCUT2D eigenvalue weighted by Crippen LogP contribution is -2.18. The van der Waals surface area contributed by atoms with Crippen molar-refractivity contribution in [1.29, 1.82) is 0 Å². The Bertz CT molecular complexity index is 563. The Balaban J connectivity index is 2.07. The third-order valence-corrected chi connectivity index (χ3v) is 3.34. The molecule has 0 aliphatic heterocycles. The van der Waals surface area contributed by atoms with Gasteiger partial charge in [0.15, 0.2) is 0 Å². The van der Waals surface area contributed by atoms with Gasteiger partial charge in [-0.1, -0.05) is 42.0 Å². The van der Waals surface area contributed by atoms with Gasteiger partial charge in [0.2, 0.25) is 0 Å². The molecule has 0 N–H and O–H groups in total. The van der Waals surface area contributed by atoms with E-state index in [9.17, 15) is 4.39 Å². The highest BCUT2D eigenvalue weighted by molar-refractivity contribution is 5.30. The molecule has 19 heavy (non-hydrogen) atoms. The van der Waals surface area contributed by atoms with Gasteiger partial charge < -0.3 is 0 Å². The van der Waals surface area contributed by atoms with Crippen molar-refractivity contribution in [2.45, 2.75) is 26.9 Å². The van der Waals surface area contributed by atoms with Crippen LogP contribution in [0.4, 0.5) is 4.39 Å². The van der Waals surface area contributed by atoms with Crippen LogP contribution in [0.5, 0.6) is 0 Å². The molecule has 2 aromatic carbocycles. The predicted molar refractivity (Wildman–Crippen MR) is 77.5 cm³/mol. The number of hydrogen-bond acceptors (Lipinski definition) is 1. The van der Waals surface area contributed by atoms with Gasteiger partial charge in [-0.05, 0) is 38.1 Å². The van der Waals surface area contributed by atoms with E-state index in [1.165, 1.54) is 22.8 Å². The monoisotopic (exact) mass is 257 g/mol. The zero-order valence-electron chi connectivity index (χ0n) is 11.8. The third-order valence-electron chi connectivity index (χ3n) is 3.34. The molecule has 0 aliphatic carbocycles. The maximum Gasteiger partial charge on any atom is 0.127 e. The Kier molecular flexibility index (Phi) is 4.33. The van der Waals surface area contributed by atoms with Crippen LogP contribution in [0.3, 0.4) is 0 Å². The lowest BCUT2D eigenvalue weighted by Gasteiger charge is -2.19. The first-order valence-corrected chi connectivity index (χ1v) is 6.54. The average molecular weight is 257 g/mol. The molecule has 0 amide bonds. The molecule has 2 aromatic rings. The van der Waals surface area contributed by atoms with E-state index in [-0.39, 0.29) is 5.82 Å². The minimum Gasteiger partial charge on any atom is -0.298 e. The van der Waals surface area contributed by atoms with Crippen molar-refractivity contribution in [3.05, 3.63) is 70.5 Å². The van der Waals surface area contributed by atoms with E-state index in [1.807, 2.05) is 19.2 Å². The number of rotatable bonds is 4. The molecule has 2 heteroatoms. The lowest BCUT2D eigenvalue weighted by atomic mass is 10.1. The minimum absolute atomic E-state index is 0.129. The molecule has 0 heterocycles. The van der Waals surface area contributed by atoms with Crippen molar-refractivity contribution >= 4 is 0 Å². The van der Waals surface area contributed by atoms with Crippen molar-refractivity contribution in [3.8, 4) is 0 Å². The summed E-state index contributed by atoms with van der Waals surface area (Å²) in [5.41, 5.74) is 4.60. The first-order valence-electron chi connectivity index (χ1n) is 6.54. The zero-order chi connectivity index (χ0) is 13.8. The number of aryl methyl sites for hydroxylation is 2. The Morgan fingerprint density at radius 1 is 0.947 bits per heavy atom. The molecular formula is C17H20FN. The fraction of sp³-hybridized carbons (Fsp3) is 0.294. The highest BCUT2D eigenvalue weighted by Gasteiger charge is 2.07. The van der Waals surface area contributed by atoms with E-state index in [0.717, 1.165) is 12.1 Å². The Morgan fingerprint density at radius 2 is 1.63 bits per heavy atom. The molecule has 0 unspecified atom stereocenters. The van der Waals surface area contributed by atoms with Crippen LogP contribution < -0.4 is 0 Å². The molecule has 0 aliphatic rings. The maximum absolute atomic E-state index is 13.6. The van der Waals surface area contributed by atoms with Gasteiger partial charge in [0.25, 0.3) is 0 Å². The summed E-state index contributed by atoms with van der Waals surface area (Å²) in [5.74, 6) is -0.129. The van der Waals surface area contributed by atoms with Gasteiger partial charge in [-0.25, -0.2) is 4.39 Å². The standard InChI is InChI=1S/C17H20FN/c1-13-8-9-14(2)16(10-13)12-19(3)11-15-6-4-5-7-17(15)18/h4-10H,11-12H2,1-3H3. The van der Waals surface area contributed by atoms with E-state index >= 15 is 0 Å². The topological polar surface area (TPSA) is 3.24 Å². The van der Waals surface area contributed by atoms with Gasteiger partial charge in [0.05, 0.1) is 0 Å². The van der Waals surface area contributed by atoms with Crippen LogP contribution in [0.2, 0.25) is 0 Å². The fourth-order valence-electron chi connectivity index (χ4n) is 2.23. The first kappa shape index (κ1) is 13.8. The van der Waals surface area contributed by atoms with Crippen molar-refractivity contribution in [2.24, 2.45) is 0 Å². The van der Waals surface area contributed by atoms with Crippen LogP contribution >= 0.6 is 0 Å². The highest BCUT2D eigenvalue weighted by Crippen LogP contribution is 2.15. The quantitative estimate of drug-likeness (QED) is 0.798. The summed E-state index contributed by atoms with van der Waals surface area (Å²) in [6.07, 6.45) is 0. The third kappa shape index (κ3) is 3.65. The predicted octanol–water partition coefficient (Wildman–Crippen LogP) is 4.07. The number of nitrogens with zero attached hydrogens (tertiary/aromatic N) is 1. The van der Waals surface area contributed by atoms with Crippen molar-refractivity contribution < 1.29 is 4.39 Å². The minimum atomic E-state index is -0.129. The van der Waals surface area contributed by atoms with Crippen LogP contribution in [0.25, 0.3) is 0 Å². The molecule has 0 bridgehead atoms. The van der Waals surface area contributed by atoms with E-state index in [0.29, 0.717) is 6.54 Å². The molecule has 0 fully saturated rings. The van der Waals surface area contributed by atoms with Gasteiger partial charge in [0, 0.05) is 18.7 Å². The number of halogens is 1. The van der Waals surface area contributed by atoms with Gasteiger partial charge in [-0.2, -0.15) is 0 Å². The van der Waals surface area contributed by atoms with E-state index in [1.54, 1.807) is 6.07 Å². The Hall–Kier alpha value is -1.67. The van der Waals surface area contributed by atoms with Gasteiger partial charge in [-0.15, -0.1) is 0 Å². The number of benzene rings is 2. The van der Waals surface area contributed by atoms with Gasteiger partial charge in [0.1, 0.15) is 5.82 Å². The van der Waals surface area contributed by atoms with E-state index in [2.05, 4.69) is 36.9 Å². The SMILES string of the molecule is Cc1ccc(C)c(CN(C)Cc2ccccc2F)c1. The average Bonchev–Trinajstić information content (AvgIpc) is 2.37. The highest BCUT2D eigenvalue weighted by atomic mass is 19.1. The summed E-state index contributed by atoms with van der Waals surface area (Å²) < 4.78 is 13.6. The van der Waals surface area contributed by atoms with Crippen LogP contribution in [0.1, 0.15) is 22.3 Å². The molecular weight excluding hydrogens is 237 g/mol. The van der Waals surface area contributed by atoms with E-state index in [4.69, 9.17) is 0 Å². The lowest BCUT2D eigenvalue weighted by molar-refractivity contribution is 0.313. The molecule has 0 saturated heterocycles. The van der Waals surface area contributed by atoms with Crippen LogP contribution in [0.15, 0.2) is 42.5 Å². The molecule has 0 atom stereocenters. The second kappa shape index (κ2) is 5.98. The second-order valence-electron chi connectivity index (χ2n) is 5.19. The molecule has 0 saturated carbocycles. The van der Waals surface area contributed by atoms with Crippen LogP contribution in [-0.4, -0.2) is 11.9 Å². The van der Waals surface area contributed by atoms with Crippen LogP contribution in [-0.2, 0) is 13.1 Å². The van der Waals surface area contributed by atoms with Crippen molar-refractivity contribution in [1.82, 2.24) is 4.90 Å². The fourth-order valence-corrected chi connectivity index (χ4v) is 2.23. The largest absolute Gasteiger partial charge is 0.298 e. The van der Waals surface area contributed by atoms with E-state index < -0.39 is 0 Å². The van der Waals surface area contributed by atoms with Crippen molar-refractivity contribution in [3.63, 3.8) is 0 Å². The zero-order valence-corrected chi connectivity index (χ0v) is 11.8. The number of hydrogen-bond donors (Lipinski definition) is 0. The molecule has 2 rings (SSSR count). The molecule has 1 nitrogen and oxygen atoms in total. The Labute approximate surface area is 114 Å². The van der Waals surface area contributed by atoms with Crippen molar-refractivity contribution in [2.75, 3.05) is 7.05 Å². The molecule has 0 radical (unpaired) electrons. The summed E-state index contributed by atoms with van der Waals surface area (Å²) >= 11 is 0. The molecule has 100 valence electrons. The maximum atomic E-state index is 13.6. The summed E-state index contributed by atoms with van der Waals surface area (Å²) in [7, 11) is 2.02. The van der Waals surface area contributed by atoms with Crippen LogP contribution in [0, 0.1) is 19.7 Å². The first-order chi connectivity index (χ1) is 9.06.